The number of hydrogen-bond donors (Lipinski definition) is 2. The topological polar surface area (TPSA) is 100 Å². The number of halogens is 3. The first-order valence-corrected chi connectivity index (χ1v) is 12.1. The van der Waals surface area contributed by atoms with Gasteiger partial charge in [0.25, 0.3) is 0 Å². The molecule has 2 aliphatic rings. The summed E-state index contributed by atoms with van der Waals surface area (Å²) in [5.41, 5.74) is 1.41. The van der Waals surface area contributed by atoms with Gasteiger partial charge in [-0.2, -0.15) is 4.98 Å². The fourth-order valence-electron chi connectivity index (χ4n) is 4.36. The van der Waals surface area contributed by atoms with Gasteiger partial charge in [-0.15, -0.1) is 24.8 Å². The van der Waals surface area contributed by atoms with Gasteiger partial charge in [-0.25, -0.2) is 4.98 Å². The van der Waals surface area contributed by atoms with Gasteiger partial charge in [0.15, 0.2) is 5.78 Å². The Morgan fingerprint density at radius 3 is 2.75 bits per heavy atom. The number of methoxy groups -OCH3 is 1. The Morgan fingerprint density at radius 1 is 1.28 bits per heavy atom. The maximum atomic E-state index is 13.1. The molecule has 0 spiro atoms. The van der Waals surface area contributed by atoms with Gasteiger partial charge in [0.05, 0.1) is 43.6 Å². The van der Waals surface area contributed by atoms with Crippen LogP contribution in [-0.4, -0.2) is 84.9 Å². The molecule has 9 nitrogen and oxygen atoms in total. The van der Waals surface area contributed by atoms with Crippen molar-refractivity contribution in [2.24, 2.45) is 0 Å². The molecule has 0 radical (unpaired) electrons. The molecule has 2 aliphatic heterocycles. The number of aliphatic hydroxyl groups excluding tert-OH is 1. The van der Waals surface area contributed by atoms with Crippen LogP contribution >= 0.6 is 36.4 Å². The van der Waals surface area contributed by atoms with E-state index >= 15 is 0 Å². The van der Waals surface area contributed by atoms with Gasteiger partial charge in [-0.05, 0) is 30.5 Å². The summed E-state index contributed by atoms with van der Waals surface area (Å²) in [5, 5.41) is 13.6. The number of nitrogens with zero attached hydrogens (tertiary/aromatic N) is 4. The largest absolute Gasteiger partial charge is 0.495 e. The summed E-state index contributed by atoms with van der Waals surface area (Å²) in [6.07, 6.45) is 3.87. The number of morpholine rings is 1. The zero-order valence-electron chi connectivity index (χ0n) is 20.3. The van der Waals surface area contributed by atoms with Crippen molar-refractivity contribution in [1.82, 2.24) is 14.9 Å². The van der Waals surface area contributed by atoms with Gasteiger partial charge in [0.2, 0.25) is 5.95 Å². The summed E-state index contributed by atoms with van der Waals surface area (Å²) >= 11 is 6.27. The molecule has 2 N–H and O–H groups in total. The van der Waals surface area contributed by atoms with Crippen LogP contribution in [0.2, 0.25) is 5.02 Å². The molecule has 200 valence electrons. The third-order valence-corrected chi connectivity index (χ3v) is 6.65. The van der Waals surface area contributed by atoms with Gasteiger partial charge in [-0.3, -0.25) is 9.69 Å². The molecule has 36 heavy (non-hydrogen) atoms. The molecule has 12 heteroatoms. The van der Waals surface area contributed by atoms with E-state index in [0.717, 1.165) is 38.0 Å². The van der Waals surface area contributed by atoms with Crippen molar-refractivity contribution in [2.45, 2.75) is 31.8 Å². The molecule has 1 aromatic carbocycles. The average Bonchev–Trinajstić information content (AvgIpc) is 3.35. The van der Waals surface area contributed by atoms with E-state index in [4.69, 9.17) is 26.1 Å². The highest BCUT2D eigenvalue weighted by Crippen LogP contribution is 2.27. The summed E-state index contributed by atoms with van der Waals surface area (Å²) in [5.74, 6) is 1.62. The number of aromatic nitrogens is 2. The van der Waals surface area contributed by atoms with Crippen molar-refractivity contribution in [3.8, 4) is 5.75 Å². The van der Waals surface area contributed by atoms with Gasteiger partial charge in [0.1, 0.15) is 11.6 Å². The van der Waals surface area contributed by atoms with Crippen LogP contribution in [0.3, 0.4) is 0 Å². The first-order chi connectivity index (χ1) is 16.6. The van der Waals surface area contributed by atoms with Crippen LogP contribution in [0.1, 0.15) is 35.2 Å². The SMILES string of the molecule is COc1ccc(CNc2nc(N3CCC[C@H]3CO)ncc2C(=O)CCN2CCOCC2)cc1Cl.Cl.Cl. The average molecular weight is 563 g/mol. The van der Waals surface area contributed by atoms with E-state index in [2.05, 4.69) is 15.2 Å². The van der Waals surface area contributed by atoms with Crippen molar-refractivity contribution in [1.29, 1.82) is 0 Å². The van der Waals surface area contributed by atoms with Crippen LogP contribution in [0, 0.1) is 0 Å². The molecule has 0 unspecified atom stereocenters. The lowest BCUT2D eigenvalue weighted by molar-refractivity contribution is 0.0370. The Labute approximate surface area is 229 Å². The van der Waals surface area contributed by atoms with Crippen molar-refractivity contribution in [3.63, 3.8) is 0 Å². The first-order valence-electron chi connectivity index (χ1n) is 11.7. The summed E-state index contributed by atoms with van der Waals surface area (Å²) in [6, 6.07) is 5.56. The number of carbonyl (C=O) groups excluding carboxylic acids is 1. The molecule has 2 saturated heterocycles. The lowest BCUT2D eigenvalue weighted by atomic mass is 10.1. The number of hydrogen-bond acceptors (Lipinski definition) is 9. The molecule has 0 saturated carbocycles. The van der Waals surface area contributed by atoms with Crippen molar-refractivity contribution in [3.05, 3.63) is 40.5 Å². The highest BCUT2D eigenvalue weighted by atomic mass is 35.5. The smallest absolute Gasteiger partial charge is 0.227 e. The fourth-order valence-corrected chi connectivity index (χ4v) is 4.64. The number of Topliss-reactive ketones (excluding diaryl/α,β-unsaturated/α-hetero) is 1. The summed E-state index contributed by atoms with van der Waals surface area (Å²) in [4.78, 5) is 26.6. The second-order valence-electron chi connectivity index (χ2n) is 8.55. The Kier molecular flexibility index (Phi) is 12.4. The van der Waals surface area contributed by atoms with E-state index in [9.17, 15) is 9.90 Å². The number of carbonyl (C=O) groups is 1. The van der Waals surface area contributed by atoms with Gasteiger partial charge >= 0.3 is 0 Å². The van der Waals surface area contributed by atoms with Crippen LogP contribution in [0.15, 0.2) is 24.4 Å². The quantitative estimate of drug-likeness (QED) is 0.422. The monoisotopic (exact) mass is 561 g/mol. The Balaban J connectivity index is 0.00000228. The van der Waals surface area contributed by atoms with E-state index in [1.54, 1.807) is 13.3 Å². The molecule has 2 aromatic rings. The fraction of sp³-hybridized carbons (Fsp3) is 0.542. The summed E-state index contributed by atoms with van der Waals surface area (Å²) < 4.78 is 10.6. The van der Waals surface area contributed by atoms with Gasteiger partial charge in [0, 0.05) is 45.3 Å². The zero-order chi connectivity index (χ0) is 23.9. The van der Waals surface area contributed by atoms with Crippen molar-refractivity contribution in [2.75, 3.05) is 63.3 Å². The zero-order valence-corrected chi connectivity index (χ0v) is 22.7. The van der Waals surface area contributed by atoms with E-state index in [-0.39, 0.29) is 43.2 Å². The Bertz CT molecular complexity index is 994. The summed E-state index contributed by atoms with van der Waals surface area (Å²) in [7, 11) is 1.58. The van der Waals surface area contributed by atoms with Crippen molar-refractivity contribution >= 4 is 54.0 Å². The lowest BCUT2D eigenvalue weighted by Gasteiger charge is -2.26. The molecule has 1 atom stereocenters. The standard InChI is InChI=1S/C24H32ClN5O4.2ClH/c1-33-22-5-4-17(13-20(22)25)14-26-23-19(21(32)6-8-29-9-11-34-12-10-29)15-27-24(28-23)30-7-2-3-18(30)16-31;;/h4-5,13,15,18,31H,2-3,6-12,14,16H2,1H3,(H,26,27,28);2*1H/t18-;;/m0../s1. The number of aliphatic hydroxyl groups is 1. The van der Waals surface area contributed by atoms with E-state index in [0.29, 0.717) is 60.8 Å². The number of ketones is 1. The Hall–Kier alpha value is -1.88. The highest BCUT2D eigenvalue weighted by molar-refractivity contribution is 6.32. The van der Waals surface area contributed by atoms with E-state index < -0.39 is 0 Å². The molecule has 0 amide bonds. The summed E-state index contributed by atoms with van der Waals surface area (Å²) in [6.45, 7) is 5.02. The number of rotatable bonds is 10. The second-order valence-corrected chi connectivity index (χ2v) is 8.96. The minimum Gasteiger partial charge on any atom is -0.495 e. The predicted molar refractivity (Wildman–Crippen MR) is 146 cm³/mol. The van der Waals surface area contributed by atoms with E-state index in [1.165, 1.54) is 0 Å². The maximum Gasteiger partial charge on any atom is 0.227 e. The second kappa shape index (κ2) is 14.8. The number of benzene rings is 1. The van der Waals surface area contributed by atoms with Crippen LogP contribution in [0.4, 0.5) is 11.8 Å². The van der Waals surface area contributed by atoms with Crippen LogP contribution in [0.25, 0.3) is 0 Å². The minimum absolute atomic E-state index is 0. The minimum atomic E-state index is -0.00608. The van der Waals surface area contributed by atoms with Crippen LogP contribution < -0.4 is 15.0 Å². The van der Waals surface area contributed by atoms with E-state index in [1.807, 2.05) is 23.1 Å². The predicted octanol–water partition coefficient (Wildman–Crippen LogP) is 3.46. The maximum absolute atomic E-state index is 13.1. The third-order valence-electron chi connectivity index (χ3n) is 6.36. The van der Waals surface area contributed by atoms with Gasteiger partial charge in [-0.1, -0.05) is 17.7 Å². The molecule has 0 aliphatic carbocycles. The molecule has 4 rings (SSSR count). The first kappa shape index (κ1) is 30.3. The number of anilines is 2. The molecule has 3 heterocycles. The highest BCUT2D eigenvalue weighted by Gasteiger charge is 2.27. The van der Waals surface area contributed by atoms with Crippen LogP contribution in [-0.2, 0) is 11.3 Å². The normalized spacial score (nSPS) is 17.8. The third kappa shape index (κ3) is 7.57. The molecule has 0 bridgehead atoms. The number of nitrogens with one attached hydrogen (secondary N) is 1. The molecule has 1 aromatic heterocycles. The Morgan fingerprint density at radius 2 is 2.06 bits per heavy atom. The van der Waals surface area contributed by atoms with Gasteiger partial charge < -0.3 is 24.8 Å². The van der Waals surface area contributed by atoms with Crippen molar-refractivity contribution < 1.29 is 19.4 Å². The molecular weight excluding hydrogens is 529 g/mol. The number of ether oxygens (including phenoxy) is 2. The molecular formula is C24H34Cl3N5O4. The lowest BCUT2D eigenvalue weighted by Crippen LogP contribution is -2.37. The van der Waals surface area contributed by atoms with Crippen LogP contribution in [0.5, 0.6) is 5.75 Å². The molecule has 2 fully saturated rings.